The molecule has 0 aliphatic carbocycles. The van der Waals surface area contributed by atoms with E-state index < -0.39 is 0 Å². The van der Waals surface area contributed by atoms with Gasteiger partial charge in [-0.3, -0.25) is 9.78 Å². The summed E-state index contributed by atoms with van der Waals surface area (Å²) in [5, 5.41) is 7.85. The molecule has 1 amide bonds. The van der Waals surface area contributed by atoms with E-state index in [0.717, 1.165) is 10.4 Å². The molecule has 5 nitrogen and oxygen atoms in total. The summed E-state index contributed by atoms with van der Waals surface area (Å²) in [6, 6.07) is 1.94. The van der Waals surface area contributed by atoms with E-state index in [0.29, 0.717) is 18.9 Å². The smallest absolute Gasteiger partial charge is 0.261 e. The Kier molecular flexibility index (Phi) is 4.25. The second kappa shape index (κ2) is 6.11. The number of carbonyl (C=O) groups excluding carboxylic acids is 1. The number of nitrogens with zero attached hydrogens (tertiary/aromatic N) is 2. The van der Waals surface area contributed by atoms with Crippen LogP contribution in [0.1, 0.15) is 15.2 Å². The third-order valence-electron chi connectivity index (χ3n) is 2.35. The van der Waals surface area contributed by atoms with Gasteiger partial charge in [0.15, 0.2) is 0 Å². The molecule has 2 aromatic heterocycles. The van der Waals surface area contributed by atoms with E-state index >= 15 is 0 Å². The van der Waals surface area contributed by atoms with Crippen molar-refractivity contribution in [2.75, 3.05) is 18.4 Å². The van der Waals surface area contributed by atoms with Gasteiger partial charge in [0.2, 0.25) is 0 Å². The first kappa shape index (κ1) is 12.5. The number of rotatable bonds is 5. The van der Waals surface area contributed by atoms with Crippen LogP contribution in [0.25, 0.3) is 0 Å². The summed E-state index contributed by atoms with van der Waals surface area (Å²) in [6.45, 7) is 3.10. The van der Waals surface area contributed by atoms with Crippen molar-refractivity contribution in [2.45, 2.75) is 6.92 Å². The highest BCUT2D eigenvalue weighted by Gasteiger charge is 2.08. The Labute approximate surface area is 109 Å². The zero-order valence-corrected chi connectivity index (χ0v) is 10.8. The minimum atomic E-state index is -0.0246. The summed E-state index contributed by atoms with van der Waals surface area (Å²) in [5.74, 6) is 0.683. The van der Waals surface area contributed by atoms with Crippen molar-refractivity contribution in [3.05, 3.63) is 40.5 Å². The Bertz CT molecular complexity index is 512. The zero-order valence-electron chi connectivity index (χ0n) is 10.0. The number of nitrogens with one attached hydrogen (secondary N) is 2. The molecule has 2 aromatic rings. The number of aromatic nitrogens is 2. The van der Waals surface area contributed by atoms with Gasteiger partial charge in [0.1, 0.15) is 5.82 Å². The SMILES string of the molecule is Cc1ccsc1C(=O)NCCNc1cnccn1. The molecule has 0 aromatic carbocycles. The third kappa shape index (κ3) is 3.27. The minimum Gasteiger partial charge on any atom is -0.367 e. The topological polar surface area (TPSA) is 66.9 Å². The molecule has 6 heteroatoms. The van der Waals surface area contributed by atoms with E-state index in [1.54, 1.807) is 18.6 Å². The van der Waals surface area contributed by atoms with Gasteiger partial charge < -0.3 is 10.6 Å². The van der Waals surface area contributed by atoms with Crippen molar-refractivity contribution < 1.29 is 4.79 Å². The Morgan fingerprint density at radius 3 is 2.94 bits per heavy atom. The van der Waals surface area contributed by atoms with Crippen LogP contribution in [0.5, 0.6) is 0 Å². The summed E-state index contributed by atoms with van der Waals surface area (Å²) in [7, 11) is 0. The lowest BCUT2D eigenvalue weighted by atomic mass is 10.3. The van der Waals surface area contributed by atoms with Crippen LogP contribution in [0.3, 0.4) is 0 Å². The molecule has 0 atom stereocenters. The number of aryl methyl sites for hydroxylation is 1. The second-order valence-corrected chi connectivity index (χ2v) is 4.62. The molecule has 0 saturated heterocycles. The summed E-state index contributed by atoms with van der Waals surface area (Å²) in [4.78, 5) is 20.6. The molecule has 0 radical (unpaired) electrons. The summed E-state index contributed by atoms with van der Waals surface area (Å²) < 4.78 is 0. The van der Waals surface area contributed by atoms with E-state index in [4.69, 9.17) is 0 Å². The average Bonchev–Trinajstić information content (AvgIpc) is 2.82. The number of carbonyl (C=O) groups is 1. The highest BCUT2D eigenvalue weighted by Crippen LogP contribution is 2.14. The van der Waals surface area contributed by atoms with Crippen LogP contribution in [0.15, 0.2) is 30.0 Å². The predicted octanol–water partition coefficient (Wildman–Crippen LogP) is 1.69. The normalized spacial score (nSPS) is 10.1. The predicted molar refractivity (Wildman–Crippen MR) is 71.9 cm³/mol. The van der Waals surface area contributed by atoms with Gasteiger partial charge in [-0.1, -0.05) is 0 Å². The van der Waals surface area contributed by atoms with Crippen molar-refractivity contribution in [3.8, 4) is 0 Å². The Balaban J connectivity index is 1.73. The van der Waals surface area contributed by atoms with E-state index in [9.17, 15) is 4.79 Å². The van der Waals surface area contributed by atoms with E-state index in [2.05, 4.69) is 20.6 Å². The molecular weight excluding hydrogens is 248 g/mol. The first-order valence-corrected chi connectivity index (χ1v) is 6.47. The maximum absolute atomic E-state index is 11.8. The van der Waals surface area contributed by atoms with Crippen LogP contribution >= 0.6 is 11.3 Å². The fourth-order valence-corrected chi connectivity index (χ4v) is 2.28. The Hall–Kier alpha value is -1.95. The zero-order chi connectivity index (χ0) is 12.8. The molecule has 18 heavy (non-hydrogen) atoms. The van der Waals surface area contributed by atoms with E-state index in [1.807, 2.05) is 18.4 Å². The van der Waals surface area contributed by atoms with Gasteiger partial charge in [-0.2, -0.15) is 0 Å². The highest BCUT2D eigenvalue weighted by atomic mass is 32.1. The van der Waals surface area contributed by atoms with Crippen LogP contribution in [0, 0.1) is 6.92 Å². The number of thiophene rings is 1. The standard InChI is InChI=1S/C12H14N4OS/c1-9-2-7-18-11(9)12(17)16-6-5-15-10-8-13-3-4-14-10/h2-4,7-8H,5-6H2,1H3,(H,14,15)(H,16,17). The molecule has 94 valence electrons. The number of hydrogen-bond acceptors (Lipinski definition) is 5. The maximum Gasteiger partial charge on any atom is 0.261 e. The molecule has 0 spiro atoms. The van der Waals surface area contributed by atoms with Crippen molar-refractivity contribution in [2.24, 2.45) is 0 Å². The van der Waals surface area contributed by atoms with Crippen LogP contribution in [0.4, 0.5) is 5.82 Å². The van der Waals surface area contributed by atoms with Gasteiger partial charge >= 0.3 is 0 Å². The van der Waals surface area contributed by atoms with Gasteiger partial charge in [-0.25, -0.2) is 4.98 Å². The monoisotopic (exact) mass is 262 g/mol. The fraction of sp³-hybridized carbons (Fsp3) is 0.250. The van der Waals surface area contributed by atoms with Crippen LogP contribution in [-0.4, -0.2) is 29.0 Å². The number of amides is 1. The van der Waals surface area contributed by atoms with Crippen LogP contribution in [-0.2, 0) is 0 Å². The van der Waals surface area contributed by atoms with Gasteiger partial charge in [0.25, 0.3) is 5.91 Å². The lowest BCUT2D eigenvalue weighted by Gasteiger charge is -2.06. The molecular formula is C12H14N4OS. The molecule has 0 aliphatic heterocycles. The Morgan fingerprint density at radius 1 is 1.39 bits per heavy atom. The summed E-state index contributed by atoms with van der Waals surface area (Å²) in [5.41, 5.74) is 1.01. The lowest BCUT2D eigenvalue weighted by Crippen LogP contribution is -2.28. The molecule has 0 saturated carbocycles. The lowest BCUT2D eigenvalue weighted by molar-refractivity contribution is 0.0958. The van der Waals surface area contributed by atoms with Crippen molar-refractivity contribution in [3.63, 3.8) is 0 Å². The summed E-state index contributed by atoms with van der Waals surface area (Å²) >= 11 is 1.46. The van der Waals surface area contributed by atoms with Crippen LogP contribution in [0.2, 0.25) is 0 Å². The Morgan fingerprint density at radius 2 is 2.28 bits per heavy atom. The molecule has 0 fully saturated rings. The molecule has 2 N–H and O–H groups in total. The third-order valence-corrected chi connectivity index (χ3v) is 3.36. The molecule has 2 rings (SSSR count). The highest BCUT2D eigenvalue weighted by molar-refractivity contribution is 7.12. The average molecular weight is 262 g/mol. The van der Waals surface area contributed by atoms with Crippen LogP contribution < -0.4 is 10.6 Å². The van der Waals surface area contributed by atoms with Gasteiger partial charge in [-0.05, 0) is 23.9 Å². The molecule has 0 bridgehead atoms. The molecule has 0 unspecified atom stereocenters. The largest absolute Gasteiger partial charge is 0.367 e. The summed E-state index contributed by atoms with van der Waals surface area (Å²) in [6.07, 6.45) is 4.88. The van der Waals surface area contributed by atoms with Gasteiger partial charge in [-0.15, -0.1) is 11.3 Å². The number of hydrogen-bond donors (Lipinski definition) is 2. The van der Waals surface area contributed by atoms with Crippen molar-refractivity contribution in [1.82, 2.24) is 15.3 Å². The minimum absolute atomic E-state index is 0.0246. The first-order chi connectivity index (χ1) is 8.77. The quantitative estimate of drug-likeness (QED) is 0.805. The van der Waals surface area contributed by atoms with Gasteiger partial charge in [0, 0.05) is 25.5 Å². The van der Waals surface area contributed by atoms with Gasteiger partial charge in [0.05, 0.1) is 11.1 Å². The fourth-order valence-electron chi connectivity index (χ4n) is 1.44. The van der Waals surface area contributed by atoms with E-state index in [-0.39, 0.29) is 5.91 Å². The van der Waals surface area contributed by atoms with Crippen molar-refractivity contribution in [1.29, 1.82) is 0 Å². The number of anilines is 1. The molecule has 2 heterocycles. The van der Waals surface area contributed by atoms with E-state index in [1.165, 1.54) is 11.3 Å². The molecule has 0 aliphatic rings. The first-order valence-electron chi connectivity index (χ1n) is 5.59. The maximum atomic E-state index is 11.8. The second-order valence-electron chi connectivity index (χ2n) is 3.71. The van der Waals surface area contributed by atoms with Crippen molar-refractivity contribution >= 4 is 23.1 Å².